The number of benzene rings is 1. The number of rotatable bonds is 8. The van der Waals surface area contributed by atoms with Crippen LogP contribution in [0.2, 0.25) is 0 Å². The summed E-state index contributed by atoms with van der Waals surface area (Å²) in [6.45, 7) is 9.91. The number of morpholine rings is 1. The van der Waals surface area contributed by atoms with Crippen molar-refractivity contribution >= 4 is 23.2 Å². The third kappa shape index (κ3) is 5.05. The highest BCUT2D eigenvalue weighted by Gasteiger charge is 2.44. The van der Waals surface area contributed by atoms with Gasteiger partial charge in [0.05, 0.1) is 25.2 Å². The molecule has 1 N–H and O–H groups in total. The van der Waals surface area contributed by atoms with Gasteiger partial charge in [0.25, 0.3) is 5.91 Å². The van der Waals surface area contributed by atoms with Gasteiger partial charge in [0.15, 0.2) is 0 Å². The number of amides is 2. The normalized spacial score (nSPS) is 21.6. The molecule has 0 radical (unpaired) electrons. The Morgan fingerprint density at radius 1 is 1.19 bits per heavy atom. The minimum absolute atomic E-state index is 0.000849. The van der Waals surface area contributed by atoms with Crippen LogP contribution in [0.15, 0.2) is 41.8 Å². The second-order valence-electron chi connectivity index (χ2n) is 8.98. The molecule has 1 fully saturated rings. The summed E-state index contributed by atoms with van der Waals surface area (Å²) < 4.78 is 5.41. The van der Waals surface area contributed by atoms with Gasteiger partial charge in [-0.05, 0) is 42.0 Å². The quantitative estimate of drug-likeness (QED) is 0.619. The van der Waals surface area contributed by atoms with E-state index in [9.17, 15) is 9.59 Å². The van der Waals surface area contributed by atoms with Crippen molar-refractivity contribution in [3.05, 3.63) is 57.8 Å². The maximum absolute atomic E-state index is 13.6. The van der Waals surface area contributed by atoms with Gasteiger partial charge in [0, 0.05) is 36.6 Å². The molecule has 0 aliphatic carbocycles. The molecule has 2 atom stereocenters. The third-order valence-electron chi connectivity index (χ3n) is 6.17. The Labute approximate surface area is 194 Å². The van der Waals surface area contributed by atoms with Gasteiger partial charge in [-0.1, -0.05) is 38.1 Å². The van der Waals surface area contributed by atoms with Crippen molar-refractivity contribution in [3.8, 4) is 0 Å². The summed E-state index contributed by atoms with van der Waals surface area (Å²) in [7, 11) is 0. The topological polar surface area (TPSA) is 61.9 Å². The number of fused-ring (bicyclic) bond motifs is 1. The number of carbonyl (C=O) groups excluding carboxylic acids is 2. The molecule has 1 saturated heterocycles. The Morgan fingerprint density at radius 2 is 1.97 bits per heavy atom. The van der Waals surface area contributed by atoms with Crippen LogP contribution >= 0.6 is 11.3 Å². The van der Waals surface area contributed by atoms with Gasteiger partial charge < -0.3 is 15.0 Å². The van der Waals surface area contributed by atoms with Crippen LogP contribution in [-0.4, -0.2) is 67.6 Å². The molecule has 0 spiro atoms. The largest absolute Gasteiger partial charge is 0.379 e. The lowest BCUT2D eigenvalue weighted by Crippen LogP contribution is -2.48. The monoisotopic (exact) mass is 455 g/mol. The number of ether oxygens (including phenoxy) is 1. The molecule has 2 aliphatic heterocycles. The fourth-order valence-corrected chi connectivity index (χ4v) is 5.57. The number of hydrogen-bond donors (Lipinski definition) is 1. The van der Waals surface area contributed by atoms with E-state index in [1.165, 1.54) is 0 Å². The van der Waals surface area contributed by atoms with Gasteiger partial charge in [-0.2, -0.15) is 0 Å². The lowest BCUT2D eigenvalue weighted by molar-refractivity contribution is -0.124. The molecule has 172 valence electrons. The molecule has 1 aromatic heterocycles. The predicted octanol–water partition coefficient (Wildman–Crippen LogP) is 3.52. The van der Waals surface area contributed by atoms with E-state index in [0.717, 1.165) is 49.7 Å². The fraction of sp³-hybridized carbons (Fsp3) is 0.520. The van der Waals surface area contributed by atoms with Gasteiger partial charge in [0.2, 0.25) is 5.91 Å². The van der Waals surface area contributed by atoms with Crippen LogP contribution in [0, 0.1) is 5.92 Å². The summed E-state index contributed by atoms with van der Waals surface area (Å²) >= 11 is 1.61. The maximum atomic E-state index is 13.6. The lowest BCUT2D eigenvalue weighted by atomic mass is 9.81. The number of hydrogen-bond acceptors (Lipinski definition) is 5. The molecule has 1 aromatic carbocycles. The average molecular weight is 456 g/mol. The van der Waals surface area contributed by atoms with Crippen LogP contribution < -0.4 is 5.32 Å². The number of nitrogens with one attached hydrogen (secondary N) is 1. The smallest absolute Gasteiger partial charge is 0.254 e. The molecule has 0 unspecified atom stereocenters. The highest BCUT2D eigenvalue weighted by molar-refractivity contribution is 7.10. The third-order valence-corrected chi connectivity index (χ3v) is 7.11. The first kappa shape index (κ1) is 23.0. The molecular formula is C25H33N3O3S. The molecule has 2 aromatic rings. The van der Waals surface area contributed by atoms with E-state index in [0.29, 0.717) is 24.6 Å². The summed E-state index contributed by atoms with van der Waals surface area (Å²) in [5.74, 6) is -0.0863. The van der Waals surface area contributed by atoms with Crippen molar-refractivity contribution < 1.29 is 14.3 Å². The first-order chi connectivity index (χ1) is 15.6. The SMILES string of the molecule is CC(C)CN1C(=O)c2ccccc2[C@@H](C(=O)NCCCN2CCOCC2)[C@@H]1c1cccs1. The van der Waals surface area contributed by atoms with E-state index >= 15 is 0 Å². The highest BCUT2D eigenvalue weighted by Crippen LogP contribution is 2.44. The van der Waals surface area contributed by atoms with Gasteiger partial charge in [-0.15, -0.1) is 11.3 Å². The van der Waals surface area contributed by atoms with E-state index in [2.05, 4.69) is 24.1 Å². The van der Waals surface area contributed by atoms with E-state index < -0.39 is 5.92 Å². The minimum Gasteiger partial charge on any atom is -0.379 e. The zero-order chi connectivity index (χ0) is 22.5. The average Bonchev–Trinajstić information content (AvgIpc) is 3.33. The fourth-order valence-electron chi connectivity index (χ4n) is 4.69. The zero-order valence-electron chi connectivity index (χ0n) is 19.0. The Morgan fingerprint density at radius 3 is 2.69 bits per heavy atom. The standard InChI is InChI=1S/C25H33N3O3S/c1-18(2)17-28-23(21-9-5-16-32-21)22(19-7-3-4-8-20(19)25(28)30)24(29)26-10-6-11-27-12-14-31-15-13-27/h3-5,7-9,16,18,22-23H,6,10-15,17H2,1-2H3,(H,26,29)/t22-,23+/m1/s1. The van der Waals surface area contributed by atoms with E-state index in [-0.39, 0.29) is 17.9 Å². The summed E-state index contributed by atoms with van der Waals surface area (Å²) in [4.78, 5) is 32.4. The molecule has 2 aliphatic rings. The number of carbonyl (C=O) groups is 2. The first-order valence-electron chi connectivity index (χ1n) is 11.6. The van der Waals surface area contributed by atoms with Crippen molar-refractivity contribution in [2.75, 3.05) is 45.9 Å². The van der Waals surface area contributed by atoms with Crippen LogP contribution in [0.25, 0.3) is 0 Å². The van der Waals surface area contributed by atoms with Crippen molar-refractivity contribution in [1.29, 1.82) is 0 Å². The Hall–Kier alpha value is -2.22. The molecule has 2 amide bonds. The minimum atomic E-state index is -0.412. The van der Waals surface area contributed by atoms with E-state index in [4.69, 9.17) is 4.74 Å². The first-order valence-corrected chi connectivity index (χ1v) is 12.5. The van der Waals surface area contributed by atoms with Crippen LogP contribution in [0.5, 0.6) is 0 Å². The molecular weight excluding hydrogens is 422 g/mol. The maximum Gasteiger partial charge on any atom is 0.254 e. The van der Waals surface area contributed by atoms with Crippen LogP contribution in [-0.2, 0) is 9.53 Å². The molecule has 4 rings (SSSR count). The lowest BCUT2D eigenvalue weighted by Gasteiger charge is -2.42. The van der Waals surface area contributed by atoms with Crippen molar-refractivity contribution in [1.82, 2.24) is 15.1 Å². The van der Waals surface area contributed by atoms with Gasteiger partial charge in [-0.25, -0.2) is 0 Å². The molecule has 32 heavy (non-hydrogen) atoms. The van der Waals surface area contributed by atoms with Gasteiger partial charge in [0.1, 0.15) is 0 Å². The Balaban J connectivity index is 1.55. The Bertz CT molecular complexity index is 909. The van der Waals surface area contributed by atoms with E-state index in [1.807, 2.05) is 46.7 Å². The predicted molar refractivity (Wildman–Crippen MR) is 127 cm³/mol. The molecule has 0 saturated carbocycles. The van der Waals surface area contributed by atoms with Crippen LogP contribution in [0.4, 0.5) is 0 Å². The van der Waals surface area contributed by atoms with Gasteiger partial charge in [-0.3, -0.25) is 14.5 Å². The number of thiophene rings is 1. The zero-order valence-corrected chi connectivity index (χ0v) is 19.8. The number of nitrogens with zero attached hydrogens (tertiary/aromatic N) is 2. The Kier molecular flexibility index (Phi) is 7.60. The summed E-state index contributed by atoms with van der Waals surface area (Å²) in [6, 6.07) is 11.4. The van der Waals surface area contributed by atoms with Crippen molar-refractivity contribution in [2.45, 2.75) is 32.2 Å². The van der Waals surface area contributed by atoms with Crippen LogP contribution in [0.1, 0.15) is 53.0 Å². The van der Waals surface area contributed by atoms with E-state index in [1.54, 1.807) is 11.3 Å². The second kappa shape index (κ2) is 10.6. The van der Waals surface area contributed by atoms with Crippen molar-refractivity contribution in [3.63, 3.8) is 0 Å². The molecule has 0 bridgehead atoms. The summed E-state index contributed by atoms with van der Waals surface area (Å²) in [5, 5.41) is 5.20. The molecule has 7 heteroatoms. The molecule has 3 heterocycles. The summed E-state index contributed by atoms with van der Waals surface area (Å²) in [6.07, 6.45) is 0.901. The summed E-state index contributed by atoms with van der Waals surface area (Å²) in [5.41, 5.74) is 1.48. The van der Waals surface area contributed by atoms with Crippen LogP contribution in [0.3, 0.4) is 0 Å². The second-order valence-corrected chi connectivity index (χ2v) is 9.95. The highest BCUT2D eigenvalue weighted by atomic mass is 32.1. The van der Waals surface area contributed by atoms with Crippen molar-refractivity contribution in [2.24, 2.45) is 5.92 Å². The van der Waals surface area contributed by atoms with Gasteiger partial charge >= 0.3 is 0 Å². The molecule has 6 nitrogen and oxygen atoms in total.